The zero-order valence-corrected chi connectivity index (χ0v) is 16.8. The van der Waals surface area contributed by atoms with Crippen molar-refractivity contribution in [1.82, 2.24) is 14.8 Å². The maximum atomic E-state index is 12.5. The molecule has 1 aliphatic rings. The van der Waals surface area contributed by atoms with Gasteiger partial charge in [-0.25, -0.2) is 8.42 Å². The van der Waals surface area contributed by atoms with Gasteiger partial charge in [-0.15, -0.1) is 10.2 Å². The Bertz CT molecular complexity index is 1010. The molecule has 1 aliphatic carbocycles. The van der Waals surface area contributed by atoms with Crippen LogP contribution in [0.4, 0.5) is 0 Å². The maximum Gasteiger partial charge on any atom is 0.191 e. The minimum Gasteiger partial charge on any atom is -0.467 e. The Balaban J connectivity index is 1.46. The van der Waals surface area contributed by atoms with Gasteiger partial charge in [-0.3, -0.25) is 4.57 Å². The summed E-state index contributed by atoms with van der Waals surface area (Å²) in [5.74, 6) is 2.64. The largest absolute Gasteiger partial charge is 0.467 e. The number of aromatic nitrogens is 3. The minimum atomic E-state index is -3.36. The molecule has 0 aliphatic heterocycles. The molecule has 0 bridgehead atoms. The van der Waals surface area contributed by atoms with Crippen LogP contribution in [0.2, 0.25) is 5.02 Å². The van der Waals surface area contributed by atoms with Gasteiger partial charge in [-0.05, 0) is 49.2 Å². The Morgan fingerprint density at radius 2 is 1.96 bits per heavy atom. The maximum absolute atomic E-state index is 12.5. The highest BCUT2D eigenvalue weighted by Crippen LogP contribution is 2.40. The second-order valence-electron chi connectivity index (χ2n) is 6.40. The van der Waals surface area contributed by atoms with E-state index in [1.54, 1.807) is 18.4 Å². The van der Waals surface area contributed by atoms with E-state index >= 15 is 0 Å². The molecule has 0 spiro atoms. The summed E-state index contributed by atoms with van der Waals surface area (Å²) in [6, 6.07) is 10.0. The van der Waals surface area contributed by atoms with E-state index in [1.807, 2.05) is 16.7 Å². The summed E-state index contributed by atoms with van der Waals surface area (Å²) in [6.45, 7) is 0.554. The van der Waals surface area contributed by atoms with Gasteiger partial charge < -0.3 is 4.42 Å². The molecule has 0 amide bonds. The van der Waals surface area contributed by atoms with Crippen LogP contribution in [0.15, 0.2) is 57.1 Å². The minimum absolute atomic E-state index is 0.0195. The lowest BCUT2D eigenvalue weighted by Crippen LogP contribution is -2.10. The molecule has 3 aromatic rings. The number of benzene rings is 1. The van der Waals surface area contributed by atoms with Crippen molar-refractivity contribution in [3.8, 4) is 0 Å². The van der Waals surface area contributed by atoms with Crippen molar-refractivity contribution >= 4 is 33.2 Å². The van der Waals surface area contributed by atoms with Gasteiger partial charge in [0.1, 0.15) is 11.6 Å². The third-order valence-electron chi connectivity index (χ3n) is 4.34. The number of halogens is 1. The Morgan fingerprint density at radius 3 is 2.63 bits per heavy atom. The summed E-state index contributed by atoms with van der Waals surface area (Å²) in [5.41, 5.74) is 0. The first-order valence-electron chi connectivity index (χ1n) is 8.59. The van der Waals surface area contributed by atoms with Crippen LogP contribution in [-0.2, 0) is 16.4 Å². The van der Waals surface area contributed by atoms with E-state index in [2.05, 4.69) is 10.2 Å². The van der Waals surface area contributed by atoms with Crippen LogP contribution < -0.4 is 0 Å². The van der Waals surface area contributed by atoms with Crippen LogP contribution >= 0.6 is 23.4 Å². The van der Waals surface area contributed by atoms with Crippen LogP contribution in [0.1, 0.15) is 30.3 Å². The predicted molar refractivity (Wildman–Crippen MR) is 104 cm³/mol. The number of thioether (sulfide) groups is 1. The highest BCUT2D eigenvalue weighted by molar-refractivity contribution is 8.00. The molecule has 142 valence electrons. The monoisotopic (exact) mass is 423 g/mol. The lowest BCUT2D eigenvalue weighted by Gasteiger charge is -2.08. The highest BCUT2D eigenvalue weighted by Gasteiger charge is 2.30. The molecule has 1 saturated carbocycles. The van der Waals surface area contributed by atoms with Crippen LogP contribution in [0.25, 0.3) is 0 Å². The average molecular weight is 424 g/mol. The van der Waals surface area contributed by atoms with Crippen molar-refractivity contribution < 1.29 is 12.8 Å². The van der Waals surface area contributed by atoms with E-state index in [1.165, 1.54) is 23.9 Å². The number of rotatable bonds is 8. The summed E-state index contributed by atoms with van der Waals surface area (Å²) in [7, 11) is -3.36. The first kappa shape index (κ1) is 18.6. The summed E-state index contributed by atoms with van der Waals surface area (Å²) >= 11 is 7.23. The van der Waals surface area contributed by atoms with Gasteiger partial charge >= 0.3 is 0 Å². The van der Waals surface area contributed by atoms with Gasteiger partial charge in [0.25, 0.3) is 0 Å². The van der Waals surface area contributed by atoms with E-state index < -0.39 is 9.84 Å². The lowest BCUT2D eigenvalue weighted by molar-refractivity contribution is 0.478. The Hall–Kier alpha value is -1.77. The summed E-state index contributed by atoms with van der Waals surface area (Å²) in [5, 5.41) is 9.85. The zero-order valence-electron chi connectivity index (χ0n) is 14.4. The molecule has 1 fully saturated rings. The van der Waals surface area contributed by atoms with E-state index in [0.29, 0.717) is 23.2 Å². The fourth-order valence-electron chi connectivity index (χ4n) is 2.76. The molecule has 0 radical (unpaired) electrons. The summed E-state index contributed by atoms with van der Waals surface area (Å²) in [6.07, 6.45) is 3.87. The van der Waals surface area contributed by atoms with Gasteiger partial charge in [0.15, 0.2) is 15.0 Å². The fourth-order valence-corrected chi connectivity index (χ4v) is 5.48. The molecular weight excluding hydrogens is 406 g/mol. The molecule has 2 aromatic heterocycles. The van der Waals surface area contributed by atoms with Crippen molar-refractivity contribution in [3.63, 3.8) is 0 Å². The topological polar surface area (TPSA) is 78.0 Å². The second kappa shape index (κ2) is 7.69. The SMILES string of the molecule is O=S(=O)(CCSc1nnc(C2CC2)n1Cc1ccco1)c1ccc(Cl)cc1. The standard InChI is InChI=1S/C18H18ClN3O3S2/c19-14-5-7-16(8-6-14)27(23,24)11-10-26-18-21-20-17(13-3-4-13)22(18)12-15-2-1-9-25-15/h1-2,5-9,13H,3-4,10-12H2. The second-order valence-corrected chi connectivity index (χ2v) is 10.0. The summed E-state index contributed by atoms with van der Waals surface area (Å²) < 4.78 is 32.5. The van der Waals surface area contributed by atoms with Crippen molar-refractivity contribution in [1.29, 1.82) is 0 Å². The van der Waals surface area contributed by atoms with Crippen molar-refractivity contribution in [3.05, 3.63) is 59.3 Å². The van der Waals surface area contributed by atoms with E-state index in [-0.39, 0.29) is 10.6 Å². The van der Waals surface area contributed by atoms with Crippen molar-refractivity contribution in [2.45, 2.75) is 35.4 Å². The first-order chi connectivity index (χ1) is 13.0. The van der Waals surface area contributed by atoms with E-state index in [9.17, 15) is 8.42 Å². The quantitative estimate of drug-likeness (QED) is 0.509. The van der Waals surface area contributed by atoms with Gasteiger partial charge in [-0.2, -0.15) is 0 Å². The molecule has 1 aromatic carbocycles. The zero-order chi connectivity index (χ0) is 18.9. The third kappa shape index (κ3) is 4.39. The van der Waals surface area contributed by atoms with E-state index in [0.717, 1.165) is 29.6 Å². The molecule has 0 saturated heterocycles. The Morgan fingerprint density at radius 1 is 1.19 bits per heavy atom. The molecule has 2 heterocycles. The molecule has 0 unspecified atom stereocenters. The number of nitrogens with zero attached hydrogens (tertiary/aromatic N) is 3. The Labute approximate surface area is 166 Å². The number of furan rings is 1. The molecule has 27 heavy (non-hydrogen) atoms. The van der Waals surface area contributed by atoms with Crippen LogP contribution in [-0.4, -0.2) is 34.7 Å². The fraction of sp³-hybridized carbons (Fsp3) is 0.333. The van der Waals surface area contributed by atoms with Gasteiger partial charge in [-0.1, -0.05) is 23.4 Å². The van der Waals surface area contributed by atoms with Crippen LogP contribution in [0.3, 0.4) is 0 Å². The molecule has 6 nitrogen and oxygen atoms in total. The highest BCUT2D eigenvalue weighted by atomic mass is 35.5. The Kier molecular flexibility index (Phi) is 5.29. The molecule has 0 N–H and O–H groups in total. The smallest absolute Gasteiger partial charge is 0.191 e. The number of hydrogen-bond donors (Lipinski definition) is 0. The van der Waals surface area contributed by atoms with Crippen molar-refractivity contribution in [2.75, 3.05) is 11.5 Å². The average Bonchev–Trinajstić information content (AvgIpc) is 3.21. The summed E-state index contributed by atoms with van der Waals surface area (Å²) in [4.78, 5) is 0.281. The number of sulfone groups is 1. The predicted octanol–water partition coefficient (Wildman–Crippen LogP) is 4.02. The van der Waals surface area contributed by atoms with Gasteiger partial charge in [0.2, 0.25) is 0 Å². The van der Waals surface area contributed by atoms with Crippen LogP contribution in [0.5, 0.6) is 0 Å². The third-order valence-corrected chi connectivity index (χ3v) is 7.55. The first-order valence-corrected chi connectivity index (χ1v) is 11.6. The molecule has 9 heteroatoms. The normalized spacial score (nSPS) is 14.6. The molecule has 0 atom stereocenters. The number of hydrogen-bond acceptors (Lipinski definition) is 6. The van der Waals surface area contributed by atoms with Crippen molar-refractivity contribution in [2.24, 2.45) is 0 Å². The molecule has 4 rings (SSSR count). The van der Waals surface area contributed by atoms with Crippen LogP contribution in [0, 0.1) is 0 Å². The van der Waals surface area contributed by atoms with Gasteiger partial charge in [0, 0.05) is 16.7 Å². The molecular formula is C18H18ClN3O3S2. The van der Waals surface area contributed by atoms with E-state index in [4.69, 9.17) is 16.0 Å². The van der Waals surface area contributed by atoms with Gasteiger partial charge in [0.05, 0.1) is 23.5 Å². The lowest BCUT2D eigenvalue weighted by atomic mass is 10.3.